The minimum atomic E-state index is -1.04. The standard InChI is InChI=1S/C25H28ClN3O3/c1-16-5-3-4-6-19(16)27-24(31)25(2)15-28-20-11-12-32-22(20)13-21(28)23(30)29(25)14-17-7-9-18(26)10-8-17/h7-13,16,19H,3-6,14-15H2,1-2H3,(H,27,31)/t16?,19-,25?/m1/s1. The number of nitrogens with one attached hydrogen (secondary N) is 1. The molecule has 2 aromatic heterocycles. The topological polar surface area (TPSA) is 67.5 Å². The molecular formula is C25H28ClN3O3. The molecule has 2 amide bonds. The van der Waals surface area contributed by atoms with E-state index in [0.29, 0.717) is 35.3 Å². The molecule has 3 heterocycles. The zero-order chi connectivity index (χ0) is 22.5. The molecule has 1 aliphatic heterocycles. The predicted molar refractivity (Wildman–Crippen MR) is 123 cm³/mol. The molecule has 6 nitrogen and oxygen atoms in total. The van der Waals surface area contributed by atoms with Crippen molar-refractivity contribution in [1.29, 1.82) is 0 Å². The van der Waals surface area contributed by atoms with Crippen molar-refractivity contribution in [2.45, 2.75) is 64.2 Å². The summed E-state index contributed by atoms with van der Waals surface area (Å²) in [6, 6.07) is 11.2. The molecule has 1 N–H and O–H groups in total. The second-order valence-corrected chi connectivity index (χ2v) is 9.86. The fraction of sp³-hybridized carbons (Fsp3) is 0.440. The van der Waals surface area contributed by atoms with E-state index in [1.807, 2.05) is 41.8 Å². The molecular weight excluding hydrogens is 426 g/mol. The van der Waals surface area contributed by atoms with Gasteiger partial charge in [-0.1, -0.05) is 43.5 Å². The number of hydrogen-bond acceptors (Lipinski definition) is 3. The van der Waals surface area contributed by atoms with E-state index >= 15 is 0 Å². The Balaban J connectivity index is 1.52. The number of carbonyl (C=O) groups is 2. The van der Waals surface area contributed by atoms with Crippen molar-refractivity contribution in [1.82, 2.24) is 14.8 Å². The van der Waals surface area contributed by atoms with Crippen LogP contribution in [0.5, 0.6) is 0 Å². The van der Waals surface area contributed by atoms with Gasteiger partial charge < -0.3 is 19.2 Å². The molecule has 32 heavy (non-hydrogen) atoms. The highest BCUT2D eigenvalue weighted by Crippen LogP contribution is 2.35. The van der Waals surface area contributed by atoms with Crippen LogP contribution in [0.15, 0.2) is 47.1 Å². The van der Waals surface area contributed by atoms with Crippen molar-refractivity contribution in [2.75, 3.05) is 0 Å². The summed E-state index contributed by atoms with van der Waals surface area (Å²) in [5.41, 5.74) is 1.93. The average Bonchev–Trinajstić information content (AvgIpc) is 3.36. The summed E-state index contributed by atoms with van der Waals surface area (Å²) in [6.45, 7) is 4.77. The number of fused-ring (bicyclic) bond motifs is 3. The molecule has 1 fully saturated rings. The van der Waals surface area contributed by atoms with Crippen LogP contribution in [0, 0.1) is 5.92 Å². The quantitative estimate of drug-likeness (QED) is 0.604. The minimum absolute atomic E-state index is 0.102. The Bertz CT molecular complexity index is 1170. The number of amides is 2. The van der Waals surface area contributed by atoms with E-state index in [1.54, 1.807) is 17.2 Å². The first-order chi connectivity index (χ1) is 15.4. The maximum Gasteiger partial charge on any atom is 0.271 e. The number of benzene rings is 1. The van der Waals surface area contributed by atoms with Crippen molar-refractivity contribution in [3.63, 3.8) is 0 Å². The minimum Gasteiger partial charge on any atom is -0.463 e. The van der Waals surface area contributed by atoms with Crippen LogP contribution in [0.1, 0.15) is 55.6 Å². The third-order valence-corrected chi connectivity index (χ3v) is 7.47. The Kier molecular flexibility index (Phi) is 5.28. The lowest BCUT2D eigenvalue weighted by Crippen LogP contribution is -2.65. The van der Waals surface area contributed by atoms with Gasteiger partial charge in [0.2, 0.25) is 5.91 Å². The molecule has 0 saturated heterocycles. The maximum atomic E-state index is 13.8. The van der Waals surface area contributed by atoms with Gasteiger partial charge in [-0.3, -0.25) is 9.59 Å². The maximum absolute atomic E-state index is 13.8. The normalized spacial score (nSPS) is 25.7. The molecule has 5 rings (SSSR count). The van der Waals surface area contributed by atoms with Crippen LogP contribution in [0.3, 0.4) is 0 Å². The van der Waals surface area contributed by atoms with Crippen molar-refractivity contribution >= 4 is 34.5 Å². The van der Waals surface area contributed by atoms with Gasteiger partial charge in [-0.25, -0.2) is 0 Å². The fourth-order valence-electron chi connectivity index (χ4n) is 5.15. The Morgan fingerprint density at radius 3 is 2.72 bits per heavy atom. The van der Waals surface area contributed by atoms with Crippen LogP contribution in [0.25, 0.3) is 11.1 Å². The SMILES string of the molecule is CC1CCCC[C@H]1NC(=O)C1(C)Cn2c(cc3occc32)C(=O)N1Cc1ccc(Cl)cc1. The van der Waals surface area contributed by atoms with Gasteiger partial charge in [0, 0.05) is 29.7 Å². The van der Waals surface area contributed by atoms with Crippen LogP contribution >= 0.6 is 11.6 Å². The lowest BCUT2D eigenvalue weighted by Gasteiger charge is -2.45. The van der Waals surface area contributed by atoms with E-state index < -0.39 is 5.54 Å². The summed E-state index contributed by atoms with van der Waals surface area (Å²) in [7, 11) is 0. The second-order valence-electron chi connectivity index (χ2n) is 9.42. The summed E-state index contributed by atoms with van der Waals surface area (Å²) in [6.07, 6.45) is 6.04. The first-order valence-corrected chi connectivity index (χ1v) is 11.7. The Morgan fingerprint density at radius 1 is 1.22 bits per heavy atom. The molecule has 1 saturated carbocycles. The molecule has 7 heteroatoms. The number of nitrogens with zero attached hydrogens (tertiary/aromatic N) is 2. The van der Waals surface area contributed by atoms with E-state index in [2.05, 4.69) is 12.2 Å². The van der Waals surface area contributed by atoms with Crippen molar-refractivity contribution < 1.29 is 14.0 Å². The highest BCUT2D eigenvalue weighted by atomic mass is 35.5. The third-order valence-electron chi connectivity index (χ3n) is 7.22. The summed E-state index contributed by atoms with van der Waals surface area (Å²) in [4.78, 5) is 29.2. The van der Waals surface area contributed by atoms with Gasteiger partial charge in [-0.2, -0.15) is 0 Å². The van der Waals surface area contributed by atoms with Gasteiger partial charge in [-0.15, -0.1) is 0 Å². The zero-order valence-electron chi connectivity index (χ0n) is 18.4. The van der Waals surface area contributed by atoms with Crippen LogP contribution in [-0.4, -0.2) is 32.9 Å². The number of rotatable bonds is 4. The predicted octanol–water partition coefficient (Wildman–Crippen LogP) is 5.00. The van der Waals surface area contributed by atoms with E-state index in [-0.39, 0.29) is 17.9 Å². The zero-order valence-corrected chi connectivity index (χ0v) is 19.2. The van der Waals surface area contributed by atoms with Crippen LogP contribution in [0.2, 0.25) is 5.02 Å². The van der Waals surface area contributed by atoms with Crippen molar-refractivity contribution in [3.8, 4) is 0 Å². The summed E-state index contributed by atoms with van der Waals surface area (Å²) in [5, 5.41) is 3.94. The Labute approximate surface area is 192 Å². The smallest absolute Gasteiger partial charge is 0.271 e. The third kappa shape index (κ3) is 3.51. The van der Waals surface area contributed by atoms with Crippen LogP contribution in [0.4, 0.5) is 0 Å². The number of carbonyl (C=O) groups excluding carboxylic acids is 2. The first kappa shape index (κ1) is 21.1. The van der Waals surface area contributed by atoms with Crippen LogP contribution in [-0.2, 0) is 17.9 Å². The van der Waals surface area contributed by atoms with Gasteiger partial charge >= 0.3 is 0 Å². The monoisotopic (exact) mass is 453 g/mol. The number of furan rings is 1. The van der Waals surface area contributed by atoms with Gasteiger partial charge in [0.05, 0.1) is 18.3 Å². The van der Waals surface area contributed by atoms with E-state index in [1.165, 1.54) is 6.42 Å². The van der Waals surface area contributed by atoms with E-state index in [9.17, 15) is 9.59 Å². The molecule has 0 bridgehead atoms. The summed E-state index contributed by atoms with van der Waals surface area (Å²) >= 11 is 6.05. The molecule has 0 spiro atoms. The lowest BCUT2D eigenvalue weighted by molar-refractivity contribution is -0.134. The van der Waals surface area contributed by atoms with Gasteiger partial charge in [0.15, 0.2) is 5.58 Å². The Morgan fingerprint density at radius 2 is 1.97 bits per heavy atom. The lowest BCUT2D eigenvalue weighted by atomic mass is 9.85. The molecule has 0 radical (unpaired) electrons. The number of aromatic nitrogens is 1. The van der Waals surface area contributed by atoms with Gasteiger partial charge in [0.25, 0.3) is 5.91 Å². The Hall–Kier alpha value is -2.73. The molecule has 1 aromatic carbocycles. The van der Waals surface area contributed by atoms with Gasteiger partial charge in [-0.05, 0) is 43.4 Å². The van der Waals surface area contributed by atoms with E-state index in [0.717, 1.165) is 30.3 Å². The molecule has 2 aliphatic rings. The van der Waals surface area contributed by atoms with Crippen LogP contribution < -0.4 is 5.32 Å². The van der Waals surface area contributed by atoms with Crippen molar-refractivity contribution in [2.24, 2.45) is 5.92 Å². The van der Waals surface area contributed by atoms with Gasteiger partial charge in [0.1, 0.15) is 11.2 Å². The molecule has 1 aliphatic carbocycles. The average molecular weight is 454 g/mol. The highest BCUT2D eigenvalue weighted by molar-refractivity contribution is 6.30. The first-order valence-electron chi connectivity index (χ1n) is 11.3. The van der Waals surface area contributed by atoms with Crippen molar-refractivity contribution in [3.05, 3.63) is 58.9 Å². The fourth-order valence-corrected chi connectivity index (χ4v) is 5.27. The number of hydrogen-bond donors (Lipinski definition) is 1. The molecule has 3 aromatic rings. The molecule has 2 unspecified atom stereocenters. The number of halogens is 1. The molecule has 3 atom stereocenters. The summed E-state index contributed by atoms with van der Waals surface area (Å²) in [5.74, 6) is 0.157. The second kappa shape index (κ2) is 8.00. The molecule has 168 valence electrons. The summed E-state index contributed by atoms with van der Waals surface area (Å²) < 4.78 is 7.46. The largest absolute Gasteiger partial charge is 0.463 e. The highest BCUT2D eigenvalue weighted by Gasteiger charge is 2.48. The van der Waals surface area contributed by atoms with E-state index in [4.69, 9.17) is 16.0 Å².